The topological polar surface area (TPSA) is 42.7 Å². The van der Waals surface area contributed by atoms with Crippen molar-refractivity contribution in [3.8, 4) is 5.69 Å². The average molecular weight is 251 g/mol. The van der Waals surface area contributed by atoms with E-state index < -0.39 is 0 Å². The second-order valence-corrected chi connectivity index (χ2v) is 4.25. The molecule has 0 atom stereocenters. The van der Waals surface area contributed by atoms with Crippen LogP contribution in [0.2, 0.25) is 5.02 Å². The zero-order valence-corrected chi connectivity index (χ0v) is 10.5. The fourth-order valence-electron chi connectivity index (χ4n) is 1.52. The zero-order valence-electron chi connectivity index (χ0n) is 9.73. The van der Waals surface area contributed by atoms with Crippen LogP contribution in [0.4, 0.5) is 0 Å². The number of aromatic nitrogens is 3. The first-order valence-electron chi connectivity index (χ1n) is 5.67. The molecule has 0 unspecified atom stereocenters. The van der Waals surface area contributed by atoms with Crippen LogP contribution >= 0.6 is 11.6 Å². The van der Waals surface area contributed by atoms with Crippen LogP contribution in [0.5, 0.6) is 0 Å². The predicted octanol–water partition coefficient (Wildman–Crippen LogP) is 2.42. The van der Waals surface area contributed by atoms with Gasteiger partial charge in [-0.15, -0.1) is 5.10 Å². The Balaban J connectivity index is 2.07. The van der Waals surface area contributed by atoms with Crippen LogP contribution in [0, 0.1) is 0 Å². The molecule has 0 bridgehead atoms. The molecule has 2 rings (SSSR count). The van der Waals surface area contributed by atoms with Crippen LogP contribution in [0.25, 0.3) is 5.69 Å². The van der Waals surface area contributed by atoms with E-state index in [2.05, 4.69) is 22.6 Å². The number of rotatable bonds is 5. The molecule has 0 aliphatic rings. The van der Waals surface area contributed by atoms with Gasteiger partial charge in [-0.1, -0.05) is 29.8 Å². The maximum absolute atomic E-state index is 5.93. The minimum Gasteiger partial charge on any atom is -0.311 e. The summed E-state index contributed by atoms with van der Waals surface area (Å²) in [4.78, 5) is 0. The third-order valence-corrected chi connectivity index (χ3v) is 2.58. The molecular weight excluding hydrogens is 236 g/mol. The molecule has 0 aliphatic heterocycles. The SMILES string of the molecule is CCCNCc1cn(-c2cccc(Cl)c2)nn1. The Labute approximate surface area is 106 Å². The third kappa shape index (κ3) is 3.28. The Morgan fingerprint density at radius 3 is 3.06 bits per heavy atom. The molecule has 1 N–H and O–H groups in total. The molecule has 5 heteroatoms. The zero-order chi connectivity index (χ0) is 12.1. The molecule has 4 nitrogen and oxygen atoms in total. The number of benzene rings is 1. The monoisotopic (exact) mass is 250 g/mol. The van der Waals surface area contributed by atoms with Gasteiger partial charge in [0.15, 0.2) is 0 Å². The summed E-state index contributed by atoms with van der Waals surface area (Å²) in [5, 5.41) is 12.2. The van der Waals surface area contributed by atoms with E-state index in [-0.39, 0.29) is 0 Å². The summed E-state index contributed by atoms with van der Waals surface area (Å²) in [6.45, 7) is 3.87. The second-order valence-electron chi connectivity index (χ2n) is 3.81. The van der Waals surface area contributed by atoms with Crippen LogP contribution in [-0.4, -0.2) is 21.5 Å². The smallest absolute Gasteiger partial charge is 0.0969 e. The second kappa shape index (κ2) is 5.80. The van der Waals surface area contributed by atoms with Gasteiger partial charge in [0.05, 0.1) is 17.6 Å². The first-order chi connectivity index (χ1) is 8.29. The minimum absolute atomic E-state index is 0.698. The van der Waals surface area contributed by atoms with E-state index in [0.29, 0.717) is 5.02 Å². The molecule has 0 amide bonds. The first-order valence-corrected chi connectivity index (χ1v) is 6.05. The summed E-state index contributed by atoms with van der Waals surface area (Å²) >= 11 is 5.93. The molecule has 90 valence electrons. The molecule has 1 heterocycles. The molecular formula is C12H15ClN4. The lowest BCUT2D eigenvalue weighted by Gasteiger charge is -1.99. The van der Waals surface area contributed by atoms with Gasteiger partial charge in [0.2, 0.25) is 0 Å². The Bertz CT molecular complexity index is 481. The molecule has 0 fully saturated rings. The van der Waals surface area contributed by atoms with Crippen molar-refractivity contribution in [2.75, 3.05) is 6.54 Å². The van der Waals surface area contributed by atoms with Gasteiger partial charge < -0.3 is 5.32 Å². The Hall–Kier alpha value is -1.39. The van der Waals surface area contributed by atoms with Crippen molar-refractivity contribution in [2.24, 2.45) is 0 Å². The van der Waals surface area contributed by atoms with Crippen molar-refractivity contribution in [1.29, 1.82) is 0 Å². The van der Waals surface area contributed by atoms with Gasteiger partial charge in [-0.05, 0) is 31.2 Å². The molecule has 2 aromatic rings. The summed E-state index contributed by atoms with van der Waals surface area (Å²) < 4.78 is 1.73. The lowest BCUT2D eigenvalue weighted by atomic mass is 10.3. The summed E-state index contributed by atoms with van der Waals surface area (Å²) in [6.07, 6.45) is 3.02. The van der Waals surface area contributed by atoms with E-state index in [1.165, 1.54) is 0 Å². The standard InChI is InChI=1S/C12H15ClN4/c1-2-6-14-8-11-9-17(16-15-11)12-5-3-4-10(13)7-12/h3-5,7,9,14H,2,6,8H2,1H3. The third-order valence-electron chi connectivity index (χ3n) is 2.35. The first kappa shape index (κ1) is 12.1. The maximum atomic E-state index is 5.93. The Morgan fingerprint density at radius 2 is 2.29 bits per heavy atom. The highest BCUT2D eigenvalue weighted by atomic mass is 35.5. The molecule has 0 saturated carbocycles. The number of hydrogen-bond donors (Lipinski definition) is 1. The number of hydrogen-bond acceptors (Lipinski definition) is 3. The van der Waals surface area contributed by atoms with Gasteiger partial charge in [0, 0.05) is 11.6 Å². The highest BCUT2D eigenvalue weighted by Gasteiger charge is 2.02. The van der Waals surface area contributed by atoms with Crippen LogP contribution < -0.4 is 5.32 Å². The van der Waals surface area contributed by atoms with Gasteiger partial charge >= 0.3 is 0 Å². The van der Waals surface area contributed by atoms with Gasteiger partial charge in [-0.2, -0.15) is 0 Å². The Kier molecular flexibility index (Phi) is 4.12. The molecule has 0 aliphatic carbocycles. The van der Waals surface area contributed by atoms with Crippen molar-refractivity contribution in [3.63, 3.8) is 0 Å². The maximum Gasteiger partial charge on any atom is 0.0969 e. The van der Waals surface area contributed by atoms with Gasteiger partial charge in [0.25, 0.3) is 0 Å². The summed E-state index contributed by atoms with van der Waals surface area (Å²) in [6, 6.07) is 7.54. The molecule has 17 heavy (non-hydrogen) atoms. The predicted molar refractivity (Wildman–Crippen MR) is 68.4 cm³/mol. The minimum atomic E-state index is 0.698. The molecule has 0 saturated heterocycles. The highest BCUT2D eigenvalue weighted by Crippen LogP contribution is 2.13. The number of nitrogens with zero attached hydrogens (tertiary/aromatic N) is 3. The average Bonchev–Trinajstić information content (AvgIpc) is 2.78. The van der Waals surface area contributed by atoms with Crippen LogP contribution in [-0.2, 0) is 6.54 Å². The van der Waals surface area contributed by atoms with Gasteiger partial charge in [0.1, 0.15) is 0 Å². The van der Waals surface area contributed by atoms with E-state index in [1.54, 1.807) is 4.68 Å². The molecule has 1 aromatic heterocycles. The Morgan fingerprint density at radius 1 is 1.41 bits per heavy atom. The van der Waals surface area contributed by atoms with Crippen LogP contribution in [0.15, 0.2) is 30.5 Å². The molecule has 0 radical (unpaired) electrons. The highest BCUT2D eigenvalue weighted by molar-refractivity contribution is 6.30. The number of nitrogens with one attached hydrogen (secondary N) is 1. The van der Waals surface area contributed by atoms with Crippen molar-refractivity contribution in [2.45, 2.75) is 19.9 Å². The number of halogens is 1. The fraction of sp³-hybridized carbons (Fsp3) is 0.333. The summed E-state index contributed by atoms with van der Waals surface area (Å²) in [5.41, 5.74) is 1.85. The van der Waals surface area contributed by atoms with Crippen molar-refractivity contribution >= 4 is 11.6 Å². The largest absolute Gasteiger partial charge is 0.311 e. The molecule has 1 aromatic carbocycles. The lowest BCUT2D eigenvalue weighted by Crippen LogP contribution is -2.13. The fourth-order valence-corrected chi connectivity index (χ4v) is 1.70. The normalized spacial score (nSPS) is 10.7. The lowest BCUT2D eigenvalue weighted by molar-refractivity contribution is 0.662. The van der Waals surface area contributed by atoms with Crippen molar-refractivity contribution in [1.82, 2.24) is 20.3 Å². The summed E-state index contributed by atoms with van der Waals surface area (Å²) in [7, 11) is 0. The van der Waals surface area contributed by atoms with Gasteiger partial charge in [-0.3, -0.25) is 0 Å². The van der Waals surface area contributed by atoms with Crippen LogP contribution in [0.3, 0.4) is 0 Å². The van der Waals surface area contributed by atoms with Crippen molar-refractivity contribution < 1.29 is 0 Å². The van der Waals surface area contributed by atoms with E-state index >= 15 is 0 Å². The van der Waals surface area contributed by atoms with E-state index in [0.717, 1.165) is 30.9 Å². The van der Waals surface area contributed by atoms with Gasteiger partial charge in [-0.25, -0.2) is 4.68 Å². The summed E-state index contributed by atoms with van der Waals surface area (Å²) in [5.74, 6) is 0. The quantitative estimate of drug-likeness (QED) is 0.829. The van der Waals surface area contributed by atoms with E-state index in [1.807, 2.05) is 30.5 Å². The molecule has 0 spiro atoms. The van der Waals surface area contributed by atoms with Crippen LogP contribution in [0.1, 0.15) is 19.0 Å². The van der Waals surface area contributed by atoms with E-state index in [4.69, 9.17) is 11.6 Å². The van der Waals surface area contributed by atoms with E-state index in [9.17, 15) is 0 Å². The van der Waals surface area contributed by atoms with Crippen molar-refractivity contribution in [3.05, 3.63) is 41.2 Å².